The number of rotatable bonds is 3. The molecule has 2 aromatic carbocycles. The van der Waals surface area contributed by atoms with Crippen LogP contribution in [-0.2, 0) is 0 Å². The van der Waals surface area contributed by atoms with E-state index in [2.05, 4.69) is 73.7 Å². The SMILES string of the molecule is CC=CC1CCC(c2ccc(-c3ccccc3)cc2)CC1. The lowest BCUT2D eigenvalue weighted by Gasteiger charge is -2.27. The van der Waals surface area contributed by atoms with Gasteiger partial charge in [0.05, 0.1) is 0 Å². The van der Waals surface area contributed by atoms with Gasteiger partial charge in [-0.15, -0.1) is 0 Å². The van der Waals surface area contributed by atoms with Crippen LogP contribution in [0.5, 0.6) is 0 Å². The summed E-state index contributed by atoms with van der Waals surface area (Å²) in [5.41, 5.74) is 4.15. The summed E-state index contributed by atoms with van der Waals surface area (Å²) in [5.74, 6) is 1.58. The van der Waals surface area contributed by atoms with Gasteiger partial charge >= 0.3 is 0 Å². The maximum absolute atomic E-state index is 2.38. The Morgan fingerprint density at radius 1 is 0.762 bits per heavy atom. The second kappa shape index (κ2) is 6.76. The topological polar surface area (TPSA) is 0 Å². The standard InChI is InChI=1S/C21H24/c1-2-6-17-9-11-19(12-10-17)21-15-13-20(14-16-21)18-7-4-3-5-8-18/h2-8,13-17,19H,9-12H2,1H3. The fourth-order valence-electron chi connectivity index (χ4n) is 3.50. The van der Waals surface area contributed by atoms with Crippen molar-refractivity contribution in [2.24, 2.45) is 5.92 Å². The lowest BCUT2D eigenvalue weighted by Crippen LogP contribution is -2.11. The van der Waals surface area contributed by atoms with Crippen LogP contribution >= 0.6 is 0 Å². The third-order valence-corrected chi connectivity index (χ3v) is 4.73. The van der Waals surface area contributed by atoms with Gasteiger partial charge in [0.15, 0.2) is 0 Å². The zero-order chi connectivity index (χ0) is 14.5. The van der Waals surface area contributed by atoms with Crippen molar-refractivity contribution in [3.05, 3.63) is 72.3 Å². The summed E-state index contributed by atoms with van der Waals surface area (Å²) in [6.07, 6.45) is 9.94. The highest BCUT2D eigenvalue weighted by Crippen LogP contribution is 2.36. The Hall–Kier alpha value is -1.82. The first kappa shape index (κ1) is 14.1. The minimum atomic E-state index is 0.760. The number of hydrogen-bond donors (Lipinski definition) is 0. The second-order valence-corrected chi connectivity index (χ2v) is 6.13. The minimum Gasteiger partial charge on any atom is -0.0914 e. The molecule has 0 heterocycles. The fourth-order valence-corrected chi connectivity index (χ4v) is 3.50. The molecule has 0 heteroatoms. The van der Waals surface area contributed by atoms with Gasteiger partial charge in [-0.1, -0.05) is 66.7 Å². The van der Waals surface area contributed by atoms with Crippen molar-refractivity contribution >= 4 is 0 Å². The summed E-state index contributed by atoms with van der Waals surface area (Å²) in [5, 5.41) is 0. The Morgan fingerprint density at radius 3 is 2.00 bits per heavy atom. The van der Waals surface area contributed by atoms with E-state index in [0.717, 1.165) is 11.8 Å². The lowest BCUT2D eigenvalue weighted by atomic mass is 9.78. The molecule has 1 fully saturated rings. The minimum absolute atomic E-state index is 0.760. The first-order valence-electron chi connectivity index (χ1n) is 8.15. The molecule has 1 aliphatic carbocycles. The Kier molecular flexibility index (Phi) is 4.55. The molecular formula is C21H24. The molecule has 0 amide bonds. The lowest BCUT2D eigenvalue weighted by molar-refractivity contribution is 0.376. The molecule has 0 unspecified atom stereocenters. The average Bonchev–Trinajstić information content (AvgIpc) is 2.57. The van der Waals surface area contributed by atoms with Crippen LogP contribution in [0.1, 0.15) is 44.1 Å². The summed E-state index contributed by atoms with van der Waals surface area (Å²) in [6, 6.07) is 19.9. The molecule has 0 saturated heterocycles. The van der Waals surface area contributed by atoms with E-state index in [1.165, 1.54) is 42.4 Å². The number of allylic oxidation sites excluding steroid dienone is 2. The van der Waals surface area contributed by atoms with Gasteiger partial charge in [0.1, 0.15) is 0 Å². The van der Waals surface area contributed by atoms with Crippen LogP contribution in [0.25, 0.3) is 11.1 Å². The van der Waals surface area contributed by atoms with E-state index < -0.39 is 0 Å². The maximum atomic E-state index is 2.38. The van der Waals surface area contributed by atoms with E-state index in [0.29, 0.717) is 0 Å². The second-order valence-electron chi connectivity index (χ2n) is 6.13. The quantitative estimate of drug-likeness (QED) is 0.585. The van der Waals surface area contributed by atoms with Crippen molar-refractivity contribution < 1.29 is 0 Å². The van der Waals surface area contributed by atoms with Crippen molar-refractivity contribution in [2.75, 3.05) is 0 Å². The summed E-state index contributed by atoms with van der Waals surface area (Å²) in [4.78, 5) is 0. The molecule has 0 atom stereocenters. The molecule has 1 saturated carbocycles. The third-order valence-electron chi connectivity index (χ3n) is 4.73. The number of benzene rings is 2. The molecule has 108 valence electrons. The van der Waals surface area contributed by atoms with E-state index >= 15 is 0 Å². The largest absolute Gasteiger partial charge is 0.0914 e. The summed E-state index contributed by atoms with van der Waals surface area (Å²) in [6.45, 7) is 2.13. The van der Waals surface area contributed by atoms with Crippen molar-refractivity contribution in [1.82, 2.24) is 0 Å². The molecule has 0 radical (unpaired) electrons. The predicted octanol–water partition coefficient (Wildman–Crippen LogP) is 6.20. The van der Waals surface area contributed by atoms with Gasteiger partial charge in [-0.3, -0.25) is 0 Å². The highest BCUT2D eigenvalue weighted by atomic mass is 14.3. The van der Waals surface area contributed by atoms with Crippen LogP contribution < -0.4 is 0 Å². The Balaban J connectivity index is 1.68. The van der Waals surface area contributed by atoms with Crippen molar-refractivity contribution in [3.8, 4) is 11.1 Å². The van der Waals surface area contributed by atoms with Crippen LogP contribution in [0.4, 0.5) is 0 Å². The Labute approximate surface area is 128 Å². The van der Waals surface area contributed by atoms with Crippen LogP contribution in [0.2, 0.25) is 0 Å². The molecule has 0 aliphatic heterocycles. The molecule has 0 N–H and O–H groups in total. The first-order valence-corrected chi connectivity index (χ1v) is 8.15. The normalized spacial score (nSPS) is 22.5. The van der Waals surface area contributed by atoms with Gasteiger partial charge in [0.2, 0.25) is 0 Å². The van der Waals surface area contributed by atoms with E-state index in [9.17, 15) is 0 Å². The Morgan fingerprint density at radius 2 is 1.38 bits per heavy atom. The molecule has 21 heavy (non-hydrogen) atoms. The van der Waals surface area contributed by atoms with Crippen LogP contribution in [0.15, 0.2) is 66.7 Å². The molecular weight excluding hydrogens is 252 g/mol. The highest BCUT2D eigenvalue weighted by Gasteiger charge is 2.20. The van der Waals surface area contributed by atoms with Crippen molar-refractivity contribution in [3.63, 3.8) is 0 Å². The molecule has 0 aromatic heterocycles. The molecule has 0 spiro atoms. The highest BCUT2D eigenvalue weighted by molar-refractivity contribution is 5.63. The molecule has 2 aromatic rings. The molecule has 0 bridgehead atoms. The van der Waals surface area contributed by atoms with Crippen molar-refractivity contribution in [2.45, 2.75) is 38.5 Å². The fraction of sp³-hybridized carbons (Fsp3) is 0.333. The van der Waals surface area contributed by atoms with Gasteiger partial charge in [-0.2, -0.15) is 0 Å². The van der Waals surface area contributed by atoms with Crippen LogP contribution in [0, 0.1) is 5.92 Å². The Bertz CT molecular complexity index is 569. The average molecular weight is 276 g/mol. The van der Waals surface area contributed by atoms with E-state index in [1.807, 2.05) is 0 Å². The smallest absolute Gasteiger partial charge is 0.0162 e. The van der Waals surface area contributed by atoms with Gasteiger partial charge in [0.25, 0.3) is 0 Å². The predicted molar refractivity (Wildman–Crippen MR) is 91.4 cm³/mol. The van der Waals surface area contributed by atoms with Gasteiger partial charge < -0.3 is 0 Å². The third kappa shape index (κ3) is 3.44. The van der Waals surface area contributed by atoms with Crippen LogP contribution in [-0.4, -0.2) is 0 Å². The van der Waals surface area contributed by atoms with Crippen molar-refractivity contribution in [1.29, 1.82) is 0 Å². The summed E-state index contributed by atoms with van der Waals surface area (Å²) in [7, 11) is 0. The summed E-state index contributed by atoms with van der Waals surface area (Å²) >= 11 is 0. The van der Waals surface area contributed by atoms with Gasteiger partial charge in [-0.05, 0) is 61.1 Å². The summed E-state index contributed by atoms with van der Waals surface area (Å²) < 4.78 is 0. The van der Waals surface area contributed by atoms with E-state index in [1.54, 1.807) is 0 Å². The molecule has 3 rings (SSSR count). The van der Waals surface area contributed by atoms with Gasteiger partial charge in [-0.25, -0.2) is 0 Å². The number of hydrogen-bond acceptors (Lipinski definition) is 0. The van der Waals surface area contributed by atoms with Gasteiger partial charge in [0, 0.05) is 0 Å². The van der Waals surface area contributed by atoms with E-state index in [4.69, 9.17) is 0 Å². The molecule has 1 aliphatic rings. The van der Waals surface area contributed by atoms with Crippen LogP contribution in [0.3, 0.4) is 0 Å². The molecule has 0 nitrogen and oxygen atoms in total. The van der Waals surface area contributed by atoms with E-state index in [-0.39, 0.29) is 0 Å². The maximum Gasteiger partial charge on any atom is -0.0162 e. The zero-order valence-electron chi connectivity index (χ0n) is 12.8. The first-order chi connectivity index (χ1) is 10.4. The monoisotopic (exact) mass is 276 g/mol. The zero-order valence-corrected chi connectivity index (χ0v) is 12.8.